The summed E-state index contributed by atoms with van der Waals surface area (Å²) in [6, 6.07) is 6.00. The molecule has 4 heteroatoms. The van der Waals surface area contributed by atoms with Crippen molar-refractivity contribution in [3.63, 3.8) is 0 Å². The van der Waals surface area contributed by atoms with Crippen LogP contribution < -0.4 is 10.5 Å². The van der Waals surface area contributed by atoms with E-state index >= 15 is 0 Å². The fraction of sp³-hybridized carbons (Fsp3) is 0.588. The standard InChI is InChI=1S/C17H28N2O2/c1-6-17(7-2,12-18)16(20)19(4)11-14-8-9-15(21-5)13(3)10-14/h8-10H,6-7,11-12,18H2,1-5H3. The smallest absolute Gasteiger partial charge is 0.230 e. The zero-order valence-electron chi connectivity index (χ0n) is 13.9. The highest BCUT2D eigenvalue weighted by molar-refractivity contribution is 5.82. The molecule has 1 aromatic carbocycles. The van der Waals surface area contributed by atoms with Crippen LogP contribution in [0.1, 0.15) is 37.8 Å². The number of ether oxygens (including phenoxy) is 1. The van der Waals surface area contributed by atoms with E-state index in [2.05, 4.69) is 6.07 Å². The molecule has 0 aliphatic heterocycles. The molecule has 4 nitrogen and oxygen atoms in total. The van der Waals surface area contributed by atoms with Gasteiger partial charge in [0.05, 0.1) is 12.5 Å². The van der Waals surface area contributed by atoms with Gasteiger partial charge >= 0.3 is 0 Å². The van der Waals surface area contributed by atoms with Gasteiger partial charge in [-0.15, -0.1) is 0 Å². The van der Waals surface area contributed by atoms with Crippen molar-refractivity contribution in [3.8, 4) is 5.75 Å². The van der Waals surface area contributed by atoms with E-state index in [9.17, 15) is 4.79 Å². The molecule has 0 aromatic heterocycles. The fourth-order valence-electron chi connectivity index (χ4n) is 2.72. The van der Waals surface area contributed by atoms with Crippen LogP contribution in [0.3, 0.4) is 0 Å². The molecule has 0 spiro atoms. The van der Waals surface area contributed by atoms with Crippen LogP contribution in [-0.2, 0) is 11.3 Å². The highest BCUT2D eigenvalue weighted by Crippen LogP contribution is 2.28. The second-order valence-electron chi connectivity index (χ2n) is 5.66. The summed E-state index contributed by atoms with van der Waals surface area (Å²) in [7, 11) is 3.51. The number of nitrogens with zero attached hydrogens (tertiary/aromatic N) is 1. The van der Waals surface area contributed by atoms with Gasteiger partial charge in [-0.2, -0.15) is 0 Å². The van der Waals surface area contributed by atoms with Crippen molar-refractivity contribution >= 4 is 5.91 Å². The van der Waals surface area contributed by atoms with Gasteiger partial charge in [-0.3, -0.25) is 4.79 Å². The Morgan fingerprint density at radius 3 is 2.38 bits per heavy atom. The highest BCUT2D eigenvalue weighted by Gasteiger charge is 2.35. The molecule has 118 valence electrons. The number of benzene rings is 1. The second-order valence-corrected chi connectivity index (χ2v) is 5.66. The molecule has 0 bridgehead atoms. The van der Waals surface area contributed by atoms with Crippen molar-refractivity contribution in [2.75, 3.05) is 20.7 Å². The SMILES string of the molecule is CCC(CC)(CN)C(=O)N(C)Cc1ccc(OC)c(C)c1. The zero-order chi connectivity index (χ0) is 16.0. The van der Waals surface area contributed by atoms with Gasteiger partial charge in [0.1, 0.15) is 5.75 Å². The maximum Gasteiger partial charge on any atom is 0.230 e. The first kappa shape index (κ1) is 17.5. The van der Waals surface area contributed by atoms with Crippen LogP contribution >= 0.6 is 0 Å². The molecule has 1 aromatic rings. The molecule has 21 heavy (non-hydrogen) atoms. The maximum absolute atomic E-state index is 12.7. The average Bonchev–Trinajstić information content (AvgIpc) is 2.49. The number of methoxy groups -OCH3 is 1. The van der Waals surface area contributed by atoms with Gasteiger partial charge in [0, 0.05) is 20.1 Å². The van der Waals surface area contributed by atoms with Gasteiger partial charge in [-0.25, -0.2) is 0 Å². The van der Waals surface area contributed by atoms with E-state index in [1.807, 2.05) is 40.0 Å². The number of amides is 1. The van der Waals surface area contributed by atoms with Crippen LogP contribution in [0.15, 0.2) is 18.2 Å². The van der Waals surface area contributed by atoms with Crippen LogP contribution in [0.4, 0.5) is 0 Å². The number of nitrogens with two attached hydrogens (primary N) is 1. The quantitative estimate of drug-likeness (QED) is 0.840. The third kappa shape index (κ3) is 3.76. The van der Waals surface area contributed by atoms with Crippen molar-refractivity contribution in [1.82, 2.24) is 4.90 Å². The molecular formula is C17H28N2O2. The summed E-state index contributed by atoms with van der Waals surface area (Å²) in [5, 5.41) is 0. The van der Waals surface area contributed by atoms with Gasteiger partial charge in [0.25, 0.3) is 0 Å². The van der Waals surface area contributed by atoms with E-state index in [4.69, 9.17) is 10.5 Å². The lowest BCUT2D eigenvalue weighted by molar-refractivity contribution is -0.141. The minimum Gasteiger partial charge on any atom is -0.496 e. The van der Waals surface area contributed by atoms with Gasteiger partial charge in [-0.1, -0.05) is 26.0 Å². The number of carbonyl (C=O) groups excluding carboxylic acids is 1. The minimum atomic E-state index is -0.434. The third-order valence-corrected chi connectivity index (χ3v) is 4.42. The number of hydrogen-bond donors (Lipinski definition) is 1. The lowest BCUT2D eigenvalue weighted by Crippen LogP contribution is -2.45. The van der Waals surface area contributed by atoms with Gasteiger partial charge in [0.2, 0.25) is 5.91 Å². The summed E-state index contributed by atoms with van der Waals surface area (Å²) < 4.78 is 5.26. The summed E-state index contributed by atoms with van der Waals surface area (Å²) in [5.74, 6) is 0.995. The summed E-state index contributed by atoms with van der Waals surface area (Å²) in [5.41, 5.74) is 7.60. The van der Waals surface area contributed by atoms with E-state index in [0.717, 1.165) is 29.7 Å². The van der Waals surface area contributed by atoms with E-state index in [-0.39, 0.29) is 5.91 Å². The Kier molecular flexibility index (Phi) is 6.21. The molecule has 0 heterocycles. The fourth-order valence-corrected chi connectivity index (χ4v) is 2.72. The molecule has 0 saturated heterocycles. The minimum absolute atomic E-state index is 0.128. The van der Waals surface area contributed by atoms with Crippen molar-refractivity contribution in [2.24, 2.45) is 11.1 Å². The summed E-state index contributed by atoms with van der Waals surface area (Å²) >= 11 is 0. The lowest BCUT2D eigenvalue weighted by atomic mass is 9.81. The van der Waals surface area contributed by atoms with E-state index in [1.165, 1.54) is 0 Å². The van der Waals surface area contributed by atoms with E-state index in [0.29, 0.717) is 13.1 Å². The molecule has 2 N–H and O–H groups in total. The summed E-state index contributed by atoms with van der Waals surface area (Å²) in [4.78, 5) is 14.5. The van der Waals surface area contributed by atoms with Crippen molar-refractivity contribution in [2.45, 2.75) is 40.2 Å². The molecule has 0 unspecified atom stereocenters. The third-order valence-electron chi connectivity index (χ3n) is 4.42. The monoisotopic (exact) mass is 292 g/mol. The van der Waals surface area contributed by atoms with Crippen LogP contribution in [-0.4, -0.2) is 31.5 Å². The Morgan fingerprint density at radius 2 is 1.95 bits per heavy atom. The number of carbonyl (C=O) groups is 1. The van der Waals surface area contributed by atoms with Gasteiger partial charge in [-0.05, 0) is 37.0 Å². The molecule has 0 fully saturated rings. The first-order valence-electron chi connectivity index (χ1n) is 7.53. The van der Waals surface area contributed by atoms with E-state index in [1.54, 1.807) is 12.0 Å². The van der Waals surface area contributed by atoms with Crippen LogP contribution in [0, 0.1) is 12.3 Å². The second kappa shape index (κ2) is 7.46. The normalized spacial score (nSPS) is 11.3. The number of hydrogen-bond acceptors (Lipinski definition) is 3. The Labute approximate surface area is 128 Å². The Hall–Kier alpha value is -1.55. The van der Waals surface area contributed by atoms with Gasteiger partial charge < -0.3 is 15.4 Å². The zero-order valence-corrected chi connectivity index (χ0v) is 13.9. The molecular weight excluding hydrogens is 264 g/mol. The largest absolute Gasteiger partial charge is 0.496 e. The van der Waals surface area contributed by atoms with Crippen LogP contribution in [0.5, 0.6) is 5.75 Å². The van der Waals surface area contributed by atoms with Crippen LogP contribution in [0.2, 0.25) is 0 Å². The molecule has 0 atom stereocenters. The first-order valence-corrected chi connectivity index (χ1v) is 7.53. The average molecular weight is 292 g/mol. The molecule has 0 radical (unpaired) electrons. The van der Waals surface area contributed by atoms with Crippen molar-refractivity contribution < 1.29 is 9.53 Å². The van der Waals surface area contributed by atoms with Crippen molar-refractivity contribution in [3.05, 3.63) is 29.3 Å². The first-order chi connectivity index (χ1) is 9.93. The molecule has 0 aliphatic carbocycles. The Bertz CT molecular complexity index is 473. The molecule has 1 amide bonds. The molecule has 0 saturated carbocycles. The Morgan fingerprint density at radius 1 is 1.33 bits per heavy atom. The van der Waals surface area contributed by atoms with Crippen LogP contribution in [0.25, 0.3) is 0 Å². The predicted octanol–water partition coefficient (Wildman–Crippen LogP) is 2.73. The van der Waals surface area contributed by atoms with Gasteiger partial charge in [0.15, 0.2) is 0 Å². The number of aryl methyl sites for hydroxylation is 1. The highest BCUT2D eigenvalue weighted by atomic mass is 16.5. The molecule has 1 rings (SSSR count). The van der Waals surface area contributed by atoms with E-state index < -0.39 is 5.41 Å². The Balaban J connectivity index is 2.87. The number of rotatable bonds is 7. The maximum atomic E-state index is 12.7. The lowest BCUT2D eigenvalue weighted by Gasteiger charge is -2.33. The van der Waals surface area contributed by atoms with Crippen molar-refractivity contribution in [1.29, 1.82) is 0 Å². The summed E-state index contributed by atoms with van der Waals surface area (Å²) in [6.45, 7) is 7.04. The topological polar surface area (TPSA) is 55.6 Å². The molecule has 0 aliphatic rings. The predicted molar refractivity (Wildman–Crippen MR) is 86.3 cm³/mol. The summed E-state index contributed by atoms with van der Waals surface area (Å²) in [6.07, 6.45) is 1.54.